The number of aromatic nitrogens is 2. The van der Waals surface area contributed by atoms with Crippen molar-refractivity contribution in [2.45, 2.75) is 26.2 Å². The molecule has 194 valence electrons. The highest BCUT2D eigenvalue weighted by Crippen LogP contribution is 2.42. The zero-order valence-electron chi connectivity index (χ0n) is 19.1. The van der Waals surface area contributed by atoms with Crippen LogP contribution in [0, 0.1) is 6.92 Å². The van der Waals surface area contributed by atoms with Crippen molar-refractivity contribution in [2.24, 2.45) is 0 Å². The van der Waals surface area contributed by atoms with Crippen LogP contribution in [-0.4, -0.2) is 53.7 Å². The van der Waals surface area contributed by atoms with Crippen LogP contribution in [0.3, 0.4) is 0 Å². The maximum absolute atomic E-state index is 13.4. The zero-order valence-corrected chi connectivity index (χ0v) is 19.1. The molecular weight excluding hydrogens is 496 g/mol. The number of piperazine rings is 1. The molecule has 0 radical (unpaired) electrons. The third-order valence-electron chi connectivity index (χ3n) is 5.46. The number of nitrogens with one attached hydrogen (secondary N) is 2. The minimum atomic E-state index is -5.03. The number of furan rings is 1. The second kappa shape index (κ2) is 9.48. The Labute approximate surface area is 200 Å². The van der Waals surface area contributed by atoms with E-state index in [1.807, 2.05) is 0 Å². The summed E-state index contributed by atoms with van der Waals surface area (Å²) in [7, 11) is 0. The van der Waals surface area contributed by atoms with Gasteiger partial charge in [-0.05, 0) is 37.6 Å². The van der Waals surface area contributed by atoms with Gasteiger partial charge < -0.3 is 19.4 Å². The largest absolute Gasteiger partial charge is 0.475 e. The van der Waals surface area contributed by atoms with Crippen LogP contribution in [0.4, 0.5) is 37.0 Å². The second-order valence-electron chi connectivity index (χ2n) is 7.96. The molecule has 14 heteroatoms. The molecule has 2 N–H and O–H groups in total. The Bertz CT molecular complexity index is 1250. The van der Waals surface area contributed by atoms with E-state index < -0.39 is 35.1 Å². The zero-order chi connectivity index (χ0) is 26.3. The van der Waals surface area contributed by atoms with Gasteiger partial charge in [0.25, 0.3) is 5.88 Å². The van der Waals surface area contributed by atoms with Crippen LogP contribution in [-0.2, 0) is 12.4 Å². The smallest absolute Gasteiger partial charge is 0.416 e. The second-order valence-corrected chi connectivity index (χ2v) is 7.96. The molecule has 0 unspecified atom stereocenters. The number of fused-ring (bicyclic) bond motifs is 1. The van der Waals surface area contributed by atoms with Gasteiger partial charge in [0.1, 0.15) is 11.3 Å². The fourth-order valence-corrected chi connectivity index (χ4v) is 3.81. The lowest BCUT2D eigenvalue weighted by atomic mass is 9.99. The summed E-state index contributed by atoms with van der Waals surface area (Å²) in [5.41, 5.74) is -3.78. The van der Waals surface area contributed by atoms with Crippen molar-refractivity contribution in [3.05, 3.63) is 35.1 Å². The molecule has 36 heavy (non-hydrogen) atoms. The van der Waals surface area contributed by atoms with Crippen molar-refractivity contribution in [3.63, 3.8) is 0 Å². The summed E-state index contributed by atoms with van der Waals surface area (Å²) in [5, 5.41) is 5.68. The molecule has 0 aliphatic carbocycles. The SMILES string of the molecule is CCOc1nc2oc(C)c(-c3cc(C(F)(F)F)cc(C(F)(F)F)c3)c2nc1NC(=O)N1CCNCC1. The first-order chi connectivity index (χ1) is 16.9. The van der Waals surface area contributed by atoms with Gasteiger partial charge in [0.15, 0.2) is 5.82 Å². The number of hydrogen-bond acceptors (Lipinski definition) is 6. The van der Waals surface area contributed by atoms with Crippen LogP contribution in [0.2, 0.25) is 0 Å². The third kappa shape index (κ3) is 5.17. The molecule has 1 aliphatic rings. The fourth-order valence-electron chi connectivity index (χ4n) is 3.81. The van der Waals surface area contributed by atoms with E-state index in [4.69, 9.17) is 9.15 Å². The summed E-state index contributed by atoms with van der Waals surface area (Å²) < 4.78 is 91.5. The van der Waals surface area contributed by atoms with Gasteiger partial charge in [0.2, 0.25) is 5.71 Å². The molecule has 1 aliphatic heterocycles. The van der Waals surface area contributed by atoms with E-state index >= 15 is 0 Å². The molecule has 3 heterocycles. The number of anilines is 1. The standard InChI is InChI=1S/C22H21F6N5O3/c1-3-35-19-17(31-20(34)33-6-4-29-5-7-33)30-16-15(11(2)36-18(16)32-19)12-8-13(21(23,24)25)10-14(9-12)22(26,27)28/h8-10,29H,3-7H2,1-2H3,(H,30,31,34). The van der Waals surface area contributed by atoms with E-state index in [9.17, 15) is 31.1 Å². The summed E-state index contributed by atoms with van der Waals surface area (Å²) in [6.45, 7) is 5.18. The Kier molecular flexibility index (Phi) is 6.73. The fraction of sp³-hybridized carbons (Fsp3) is 0.409. The molecule has 0 atom stereocenters. The van der Waals surface area contributed by atoms with Crippen molar-refractivity contribution in [3.8, 4) is 17.0 Å². The number of nitrogens with zero attached hydrogens (tertiary/aromatic N) is 3. The summed E-state index contributed by atoms with van der Waals surface area (Å²) in [6.07, 6.45) is -10.1. The molecule has 2 aromatic heterocycles. The number of aryl methyl sites for hydroxylation is 1. The van der Waals surface area contributed by atoms with Crippen molar-refractivity contribution < 1.29 is 40.3 Å². The molecule has 0 bridgehead atoms. The Morgan fingerprint density at radius 1 is 1.08 bits per heavy atom. The van der Waals surface area contributed by atoms with Crippen LogP contribution in [0.15, 0.2) is 22.6 Å². The number of carbonyl (C=O) groups is 1. The molecule has 0 saturated carbocycles. The summed E-state index contributed by atoms with van der Waals surface area (Å²) in [6, 6.07) is 0.707. The highest BCUT2D eigenvalue weighted by Gasteiger charge is 2.37. The molecule has 2 amide bonds. The maximum atomic E-state index is 13.4. The molecule has 1 fully saturated rings. The Morgan fingerprint density at radius 2 is 1.69 bits per heavy atom. The predicted molar refractivity (Wildman–Crippen MR) is 117 cm³/mol. The molecule has 0 spiro atoms. The van der Waals surface area contributed by atoms with Crippen LogP contribution >= 0.6 is 0 Å². The Balaban J connectivity index is 1.86. The number of amides is 2. The van der Waals surface area contributed by atoms with E-state index in [1.54, 1.807) is 6.92 Å². The van der Waals surface area contributed by atoms with Crippen LogP contribution in [0.25, 0.3) is 22.4 Å². The summed E-state index contributed by atoms with van der Waals surface area (Å²) in [4.78, 5) is 22.7. The van der Waals surface area contributed by atoms with Crippen molar-refractivity contribution in [2.75, 3.05) is 38.1 Å². The topological polar surface area (TPSA) is 92.5 Å². The average molecular weight is 517 g/mol. The molecule has 8 nitrogen and oxygen atoms in total. The van der Waals surface area contributed by atoms with Gasteiger partial charge in [0, 0.05) is 26.2 Å². The first-order valence-electron chi connectivity index (χ1n) is 10.9. The number of halogens is 6. The van der Waals surface area contributed by atoms with E-state index in [0.29, 0.717) is 38.3 Å². The third-order valence-corrected chi connectivity index (χ3v) is 5.46. The first kappa shape index (κ1) is 25.5. The lowest BCUT2D eigenvalue weighted by molar-refractivity contribution is -0.143. The van der Waals surface area contributed by atoms with Gasteiger partial charge >= 0.3 is 18.4 Å². The van der Waals surface area contributed by atoms with Crippen molar-refractivity contribution in [1.82, 2.24) is 20.2 Å². The number of ether oxygens (including phenoxy) is 1. The molecule has 1 saturated heterocycles. The summed E-state index contributed by atoms with van der Waals surface area (Å²) in [5.74, 6) is -0.253. The number of benzene rings is 1. The highest BCUT2D eigenvalue weighted by atomic mass is 19.4. The van der Waals surface area contributed by atoms with E-state index in [1.165, 1.54) is 11.8 Å². The van der Waals surface area contributed by atoms with E-state index in [0.717, 1.165) is 0 Å². The van der Waals surface area contributed by atoms with Gasteiger partial charge in [0.05, 0.1) is 23.3 Å². The van der Waals surface area contributed by atoms with Gasteiger partial charge in [-0.2, -0.15) is 31.3 Å². The number of hydrogen-bond donors (Lipinski definition) is 2. The minimum absolute atomic E-state index is 0.00882. The molecule has 3 aromatic rings. The predicted octanol–water partition coefficient (Wildman–Crippen LogP) is 5.07. The normalized spacial score (nSPS) is 14.8. The molecule has 1 aromatic carbocycles. The molecular formula is C22H21F6N5O3. The van der Waals surface area contributed by atoms with Crippen molar-refractivity contribution in [1.29, 1.82) is 0 Å². The van der Waals surface area contributed by atoms with E-state index in [-0.39, 0.29) is 46.9 Å². The summed E-state index contributed by atoms with van der Waals surface area (Å²) >= 11 is 0. The Hall–Kier alpha value is -3.55. The minimum Gasteiger partial charge on any atom is -0.475 e. The van der Waals surface area contributed by atoms with Gasteiger partial charge in [-0.1, -0.05) is 0 Å². The monoisotopic (exact) mass is 517 g/mol. The van der Waals surface area contributed by atoms with Crippen LogP contribution in [0.5, 0.6) is 5.88 Å². The first-order valence-corrected chi connectivity index (χ1v) is 10.9. The van der Waals surface area contributed by atoms with Crippen LogP contribution < -0.4 is 15.4 Å². The van der Waals surface area contributed by atoms with Crippen molar-refractivity contribution >= 4 is 23.1 Å². The quantitative estimate of drug-likeness (QED) is 0.470. The van der Waals surface area contributed by atoms with Gasteiger partial charge in [-0.15, -0.1) is 0 Å². The van der Waals surface area contributed by atoms with Crippen LogP contribution in [0.1, 0.15) is 23.8 Å². The molecule has 4 rings (SSSR count). The number of alkyl halides is 6. The number of carbonyl (C=O) groups excluding carboxylic acids is 1. The average Bonchev–Trinajstić information content (AvgIpc) is 3.13. The Morgan fingerprint density at radius 3 is 2.25 bits per heavy atom. The highest BCUT2D eigenvalue weighted by molar-refractivity contribution is 5.95. The number of urea groups is 1. The lowest BCUT2D eigenvalue weighted by Gasteiger charge is -2.27. The van der Waals surface area contributed by atoms with E-state index in [2.05, 4.69) is 20.6 Å². The lowest BCUT2D eigenvalue weighted by Crippen LogP contribution is -2.48. The maximum Gasteiger partial charge on any atom is 0.416 e. The van der Waals surface area contributed by atoms with Gasteiger partial charge in [-0.25, -0.2) is 9.78 Å². The van der Waals surface area contributed by atoms with Gasteiger partial charge in [-0.3, -0.25) is 5.32 Å². The number of rotatable bonds is 4.